The third kappa shape index (κ3) is 1.67. The number of hydrogen-bond acceptors (Lipinski definition) is 3. The van der Waals surface area contributed by atoms with Gasteiger partial charge in [0.25, 0.3) is 0 Å². The molecule has 16 heavy (non-hydrogen) atoms. The molecule has 3 nitrogen and oxygen atoms in total. The molecule has 1 aromatic carbocycles. The molecule has 0 saturated carbocycles. The van der Waals surface area contributed by atoms with Gasteiger partial charge in [-0.2, -0.15) is 0 Å². The van der Waals surface area contributed by atoms with Crippen LogP contribution in [0.1, 0.15) is 16.9 Å². The summed E-state index contributed by atoms with van der Waals surface area (Å²) in [6.07, 6.45) is 0. The van der Waals surface area contributed by atoms with E-state index >= 15 is 0 Å². The zero-order valence-electron chi connectivity index (χ0n) is 10.2. The van der Waals surface area contributed by atoms with Crippen LogP contribution in [-0.2, 0) is 6.54 Å². The summed E-state index contributed by atoms with van der Waals surface area (Å²) < 4.78 is 11.2. The number of ether oxygens (including phenoxy) is 1. The van der Waals surface area contributed by atoms with Crippen LogP contribution in [0.25, 0.3) is 11.0 Å². The van der Waals surface area contributed by atoms with E-state index in [1.54, 1.807) is 7.11 Å². The van der Waals surface area contributed by atoms with E-state index in [-0.39, 0.29) is 0 Å². The Balaban J connectivity index is 2.69. The average molecular weight is 219 g/mol. The summed E-state index contributed by atoms with van der Waals surface area (Å²) in [6, 6.07) is 4.13. The van der Waals surface area contributed by atoms with E-state index in [9.17, 15) is 0 Å². The molecule has 3 heteroatoms. The highest BCUT2D eigenvalue weighted by atomic mass is 16.5. The Morgan fingerprint density at radius 1 is 1.31 bits per heavy atom. The number of benzene rings is 1. The van der Waals surface area contributed by atoms with Crippen LogP contribution < -0.4 is 10.1 Å². The summed E-state index contributed by atoms with van der Waals surface area (Å²) in [5.74, 6) is 1.78. The fraction of sp³-hybridized carbons (Fsp3) is 0.385. The smallest absolute Gasteiger partial charge is 0.176 e. The lowest BCUT2D eigenvalue weighted by atomic mass is 10.1. The Bertz CT molecular complexity index is 514. The van der Waals surface area contributed by atoms with Gasteiger partial charge < -0.3 is 14.5 Å². The minimum absolute atomic E-state index is 0.739. The topological polar surface area (TPSA) is 34.4 Å². The SMILES string of the molecule is CNCc1oc2c(OC)cc(C)cc2c1C. The molecule has 0 bridgehead atoms. The van der Waals surface area contributed by atoms with Crippen LogP contribution in [-0.4, -0.2) is 14.2 Å². The summed E-state index contributed by atoms with van der Waals surface area (Å²) in [4.78, 5) is 0. The zero-order valence-corrected chi connectivity index (χ0v) is 10.2. The summed E-state index contributed by atoms with van der Waals surface area (Å²) in [6.45, 7) is 4.88. The van der Waals surface area contributed by atoms with E-state index in [4.69, 9.17) is 9.15 Å². The molecule has 0 unspecified atom stereocenters. The number of hydrogen-bond donors (Lipinski definition) is 1. The molecule has 0 aliphatic heterocycles. The molecule has 86 valence electrons. The van der Waals surface area contributed by atoms with Crippen LogP contribution >= 0.6 is 0 Å². The number of nitrogens with one attached hydrogen (secondary N) is 1. The minimum atomic E-state index is 0.739. The fourth-order valence-electron chi connectivity index (χ4n) is 1.95. The number of aryl methyl sites for hydroxylation is 2. The van der Waals surface area contributed by atoms with Gasteiger partial charge in [0.05, 0.1) is 13.7 Å². The molecule has 2 rings (SSSR count). The quantitative estimate of drug-likeness (QED) is 0.862. The van der Waals surface area contributed by atoms with Crippen molar-refractivity contribution >= 4 is 11.0 Å². The Labute approximate surface area is 95.4 Å². The first-order valence-electron chi connectivity index (χ1n) is 5.38. The van der Waals surface area contributed by atoms with Crippen molar-refractivity contribution in [3.05, 3.63) is 29.0 Å². The minimum Gasteiger partial charge on any atom is -0.493 e. The first kappa shape index (κ1) is 11.0. The largest absolute Gasteiger partial charge is 0.493 e. The van der Waals surface area contributed by atoms with Crippen LogP contribution in [0.5, 0.6) is 5.75 Å². The molecule has 0 radical (unpaired) electrons. The van der Waals surface area contributed by atoms with Crippen LogP contribution in [0.3, 0.4) is 0 Å². The van der Waals surface area contributed by atoms with Gasteiger partial charge in [0.1, 0.15) is 5.76 Å². The highest BCUT2D eigenvalue weighted by Gasteiger charge is 2.14. The average Bonchev–Trinajstić information content (AvgIpc) is 2.57. The van der Waals surface area contributed by atoms with Gasteiger partial charge >= 0.3 is 0 Å². The Hall–Kier alpha value is -1.48. The lowest BCUT2D eigenvalue weighted by Crippen LogP contribution is -2.04. The van der Waals surface area contributed by atoms with Crippen molar-refractivity contribution in [1.82, 2.24) is 5.32 Å². The summed E-state index contributed by atoms with van der Waals surface area (Å²) >= 11 is 0. The second-order valence-corrected chi connectivity index (χ2v) is 4.02. The van der Waals surface area contributed by atoms with Crippen LogP contribution in [0, 0.1) is 13.8 Å². The maximum atomic E-state index is 5.83. The standard InChI is InChI=1S/C13H17NO2/c1-8-5-10-9(2)12(7-14-3)16-13(10)11(6-8)15-4/h5-6,14H,7H2,1-4H3. The van der Waals surface area contributed by atoms with Gasteiger partial charge in [-0.05, 0) is 44.2 Å². The number of fused-ring (bicyclic) bond motifs is 1. The highest BCUT2D eigenvalue weighted by Crippen LogP contribution is 2.33. The Morgan fingerprint density at radius 3 is 2.69 bits per heavy atom. The van der Waals surface area contributed by atoms with Gasteiger partial charge in [-0.3, -0.25) is 0 Å². The molecule has 0 aliphatic rings. The van der Waals surface area contributed by atoms with E-state index in [2.05, 4.69) is 25.2 Å². The van der Waals surface area contributed by atoms with Crippen molar-refractivity contribution in [1.29, 1.82) is 0 Å². The van der Waals surface area contributed by atoms with Crippen molar-refractivity contribution in [2.24, 2.45) is 0 Å². The molecule has 1 aromatic heterocycles. The van der Waals surface area contributed by atoms with E-state index in [1.165, 1.54) is 11.1 Å². The molecule has 0 saturated heterocycles. The van der Waals surface area contributed by atoms with Gasteiger partial charge in [0, 0.05) is 5.39 Å². The van der Waals surface area contributed by atoms with Gasteiger partial charge in [-0.1, -0.05) is 0 Å². The van der Waals surface area contributed by atoms with E-state index in [0.29, 0.717) is 0 Å². The lowest BCUT2D eigenvalue weighted by molar-refractivity contribution is 0.406. The Kier molecular flexibility index (Phi) is 2.88. The lowest BCUT2D eigenvalue weighted by Gasteiger charge is -2.01. The molecule has 1 N–H and O–H groups in total. The molecule has 1 heterocycles. The van der Waals surface area contributed by atoms with Crippen molar-refractivity contribution in [3.8, 4) is 5.75 Å². The molecule has 0 atom stereocenters. The second-order valence-electron chi connectivity index (χ2n) is 4.02. The number of furan rings is 1. The van der Waals surface area contributed by atoms with Crippen molar-refractivity contribution in [3.63, 3.8) is 0 Å². The van der Waals surface area contributed by atoms with Crippen LogP contribution in [0.15, 0.2) is 16.5 Å². The first-order chi connectivity index (χ1) is 7.67. The zero-order chi connectivity index (χ0) is 11.7. The van der Waals surface area contributed by atoms with Gasteiger partial charge in [-0.15, -0.1) is 0 Å². The highest BCUT2D eigenvalue weighted by molar-refractivity contribution is 5.87. The van der Waals surface area contributed by atoms with E-state index in [1.807, 2.05) is 13.1 Å². The number of rotatable bonds is 3. The van der Waals surface area contributed by atoms with E-state index in [0.717, 1.165) is 29.0 Å². The fourth-order valence-corrected chi connectivity index (χ4v) is 1.95. The second kappa shape index (κ2) is 4.18. The predicted molar refractivity (Wildman–Crippen MR) is 65.0 cm³/mol. The number of methoxy groups -OCH3 is 1. The third-order valence-corrected chi connectivity index (χ3v) is 2.80. The molecule has 0 fully saturated rings. The molecule has 0 amide bonds. The van der Waals surface area contributed by atoms with Crippen molar-refractivity contribution in [2.75, 3.05) is 14.2 Å². The first-order valence-corrected chi connectivity index (χ1v) is 5.38. The summed E-state index contributed by atoms with van der Waals surface area (Å²) in [5.41, 5.74) is 3.21. The van der Waals surface area contributed by atoms with Crippen LogP contribution in [0.2, 0.25) is 0 Å². The van der Waals surface area contributed by atoms with Crippen LogP contribution in [0.4, 0.5) is 0 Å². The Morgan fingerprint density at radius 2 is 2.06 bits per heavy atom. The monoisotopic (exact) mass is 219 g/mol. The predicted octanol–water partition coefficient (Wildman–Crippen LogP) is 2.78. The van der Waals surface area contributed by atoms with Crippen molar-refractivity contribution < 1.29 is 9.15 Å². The van der Waals surface area contributed by atoms with Gasteiger partial charge in [0.2, 0.25) is 0 Å². The summed E-state index contributed by atoms with van der Waals surface area (Å²) in [5, 5.41) is 4.24. The maximum absolute atomic E-state index is 5.83. The normalized spacial score (nSPS) is 11.0. The summed E-state index contributed by atoms with van der Waals surface area (Å²) in [7, 11) is 3.58. The van der Waals surface area contributed by atoms with Gasteiger partial charge in [-0.25, -0.2) is 0 Å². The van der Waals surface area contributed by atoms with E-state index < -0.39 is 0 Å². The maximum Gasteiger partial charge on any atom is 0.176 e. The molecular formula is C13H17NO2. The molecular weight excluding hydrogens is 202 g/mol. The molecule has 0 spiro atoms. The molecule has 2 aromatic rings. The van der Waals surface area contributed by atoms with Gasteiger partial charge in [0.15, 0.2) is 11.3 Å². The van der Waals surface area contributed by atoms with Crippen molar-refractivity contribution in [2.45, 2.75) is 20.4 Å². The molecule has 0 aliphatic carbocycles. The third-order valence-electron chi connectivity index (χ3n) is 2.80.